The number of aliphatic hydroxyl groups is 1. The average Bonchev–Trinajstić information content (AvgIpc) is 2.90. The minimum Gasteiger partial charge on any atom is -0.490 e. The van der Waals surface area contributed by atoms with Gasteiger partial charge in [0.1, 0.15) is 28.9 Å². The highest BCUT2D eigenvalue weighted by molar-refractivity contribution is 7.71. The smallest absolute Gasteiger partial charge is 0.250 e. The van der Waals surface area contributed by atoms with Crippen LogP contribution in [0, 0.1) is 10.0 Å². The molecule has 0 radical (unpaired) electrons. The van der Waals surface area contributed by atoms with Crippen molar-refractivity contribution in [3.05, 3.63) is 94.9 Å². The lowest BCUT2D eigenvalue weighted by Crippen LogP contribution is -2.47. The minimum atomic E-state index is -0.988. The van der Waals surface area contributed by atoms with Gasteiger partial charge in [-0.3, -0.25) is 4.79 Å². The van der Waals surface area contributed by atoms with E-state index in [0.717, 1.165) is 11.8 Å². The number of anilines is 1. The van der Waals surface area contributed by atoms with E-state index in [1.807, 2.05) is 42.5 Å². The summed E-state index contributed by atoms with van der Waals surface area (Å²) in [5, 5.41) is 19.0. The topological polar surface area (TPSA) is 117 Å². The number of nitrogen functional groups attached to an aromatic ring is 1. The molecule has 36 heavy (non-hydrogen) atoms. The summed E-state index contributed by atoms with van der Waals surface area (Å²) in [5.74, 6) is 0.528. The number of aromatic nitrogens is 2. The highest BCUT2D eigenvalue weighted by atomic mass is 32.1. The first kappa shape index (κ1) is 25.3. The molecule has 2 heterocycles. The summed E-state index contributed by atoms with van der Waals surface area (Å²) in [5.41, 5.74) is 6.72. The molecule has 0 bridgehead atoms. The summed E-state index contributed by atoms with van der Waals surface area (Å²) in [7, 11) is 0. The SMILES string of the molecule is C=CCOc1cccc(C(C(=O)N2CCC(O)(c3ccccc3)CC2)n2cnc(N)c(C=N)c2=S)c1. The Hall–Kier alpha value is -3.82. The lowest BCUT2D eigenvalue weighted by Gasteiger charge is -2.40. The van der Waals surface area contributed by atoms with Crippen molar-refractivity contribution in [3.8, 4) is 5.75 Å². The Kier molecular flexibility index (Phi) is 7.61. The fourth-order valence-corrected chi connectivity index (χ4v) is 4.79. The van der Waals surface area contributed by atoms with Crippen molar-refractivity contribution in [3.63, 3.8) is 0 Å². The van der Waals surface area contributed by atoms with Crippen LogP contribution in [0.15, 0.2) is 73.6 Å². The van der Waals surface area contributed by atoms with Gasteiger partial charge < -0.3 is 30.5 Å². The molecule has 0 aliphatic carbocycles. The Morgan fingerprint density at radius 2 is 1.97 bits per heavy atom. The zero-order valence-electron chi connectivity index (χ0n) is 19.8. The second-order valence-corrected chi connectivity index (χ2v) is 9.08. The number of nitrogens with zero attached hydrogens (tertiary/aromatic N) is 3. The van der Waals surface area contributed by atoms with E-state index in [1.54, 1.807) is 27.7 Å². The fourth-order valence-electron chi connectivity index (χ4n) is 4.47. The number of benzene rings is 2. The summed E-state index contributed by atoms with van der Waals surface area (Å²) >= 11 is 5.62. The normalized spacial score (nSPS) is 15.6. The van der Waals surface area contributed by atoms with Crippen molar-refractivity contribution in [2.75, 3.05) is 25.4 Å². The van der Waals surface area contributed by atoms with Crippen molar-refractivity contribution in [2.45, 2.75) is 24.5 Å². The molecule has 1 atom stereocenters. The summed E-state index contributed by atoms with van der Waals surface area (Å²) < 4.78 is 7.50. The molecule has 1 aliphatic rings. The Morgan fingerprint density at radius 1 is 1.25 bits per heavy atom. The summed E-state index contributed by atoms with van der Waals surface area (Å²) in [6.07, 6.45) is 4.96. The number of rotatable bonds is 8. The van der Waals surface area contributed by atoms with E-state index in [-0.39, 0.29) is 21.9 Å². The molecule has 3 aromatic rings. The van der Waals surface area contributed by atoms with Gasteiger partial charge in [-0.15, -0.1) is 0 Å². The van der Waals surface area contributed by atoms with Gasteiger partial charge in [-0.05, 0) is 36.1 Å². The van der Waals surface area contributed by atoms with Crippen molar-refractivity contribution >= 4 is 30.2 Å². The van der Waals surface area contributed by atoms with Crippen LogP contribution < -0.4 is 10.5 Å². The van der Waals surface area contributed by atoms with E-state index in [4.69, 9.17) is 28.1 Å². The van der Waals surface area contributed by atoms with Gasteiger partial charge in [0.05, 0.1) is 17.5 Å². The zero-order chi connectivity index (χ0) is 25.7. The lowest BCUT2D eigenvalue weighted by atomic mass is 9.84. The Morgan fingerprint density at radius 3 is 2.64 bits per heavy atom. The number of amides is 1. The van der Waals surface area contributed by atoms with Gasteiger partial charge in [-0.2, -0.15) is 0 Å². The van der Waals surface area contributed by atoms with Crippen molar-refractivity contribution in [1.82, 2.24) is 14.5 Å². The van der Waals surface area contributed by atoms with Gasteiger partial charge in [0.2, 0.25) is 5.91 Å². The molecule has 1 aliphatic heterocycles. The Bertz CT molecular complexity index is 1320. The van der Waals surface area contributed by atoms with Crippen molar-refractivity contribution in [2.24, 2.45) is 0 Å². The van der Waals surface area contributed by atoms with Gasteiger partial charge >= 0.3 is 0 Å². The fraction of sp³-hybridized carbons (Fsp3) is 0.259. The van der Waals surface area contributed by atoms with Crippen LogP contribution in [0.5, 0.6) is 5.75 Å². The molecular formula is C27H29N5O3S. The third-order valence-corrected chi connectivity index (χ3v) is 6.90. The number of piperidine rings is 1. The highest BCUT2D eigenvalue weighted by Gasteiger charge is 2.38. The largest absolute Gasteiger partial charge is 0.490 e. The van der Waals surface area contributed by atoms with Crippen LogP contribution in [0.25, 0.3) is 0 Å². The second-order valence-electron chi connectivity index (χ2n) is 8.70. The molecule has 9 heteroatoms. The summed E-state index contributed by atoms with van der Waals surface area (Å²) in [4.78, 5) is 19.9. The van der Waals surface area contributed by atoms with Gasteiger partial charge in [-0.1, -0.05) is 67.3 Å². The van der Waals surface area contributed by atoms with Crippen LogP contribution in [0.3, 0.4) is 0 Å². The predicted molar refractivity (Wildman–Crippen MR) is 142 cm³/mol. The average molecular weight is 504 g/mol. The first-order valence-corrected chi connectivity index (χ1v) is 12.1. The van der Waals surface area contributed by atoms with Gasteiger partial charge in [0.25, 0.3) is 0 Å². The summed E-state index contributed by atoms with van der Waals surface area (Å²) in [6.45, 7) is 4.75. The molecule has 1 saturated heterocycles. The number of nitrogens with two attached hydrogens (primary N) is 1. The number of hydrogen-bond acceptors (Lipinski definition) is 7. The van der Waals surface area contributed by atoms with Gasteiger partial charge in [0, 0.05) is 19.3 Å². The van der Waals surface area contributed by atoms with E-state index >= 15 is 0 Å². The maximum absolute atomic E-state index is 14.0. The van der Waals surface area contributed by atoms with Crippen LogP contribution >= 0.6 is 12.2 Å². The second kappa shape index (κ2) is 10.8. The molecule has 0 spiro atoms. The van der Waals surface area contributed by atoms with Gasteiger partial charge in [0.15, 0.2) is 0 Å². The molecule has 186 valence electrons. The molecule has 1 aromatic heterocycles. The molecule has 4 N–H and O–H groups in total. The molecule has 4 rings (SSSR count). The monoisotopic (exact) mass is 503 g/mol. The number of nitrogens with one attached hydrogen (secondary N) is 1. The van der Waals surface area contributed by atoms with E-state index in [9.17, 15) is 9.90 Å². The van der Waals surface area contributed by atoms with E-state index in [0.29, 0.717) is 43.9 Å². The third kappa shape index (κ3) is 5.07. The minimum absolute atomic E-state index is 0.131. The Balaban J connectivity index is 1.69. The predicted octanol–water partition coefficient (Wildman–Crippen LogP) is 3.86. The number of carbonyl (C=O) groups excluding carboxylic acids is 1. The van der Waals surface area contributed by atoms with Crippen molar-refractivity contribution in [1.29, 1.82) is 5.41 Å². The number of likely N-dealkylation sites (tertiary alicyclic amines) is 1. The maximum atomic E-state index is 14.0. The standard InChI is InChI=1S/C27H29N5O3S/c1-2-15-35-21-10-6-7-19(16-21)23(32-18-30-24(29)22(17-28)26(32)36)25(33)31-13-11-27(34,12-14-31)20-8-4-3-5-9-20/h2-10,16-18,23,28,34H,1,11-15,29H2. The quantitative estimate of drug-likeness (QED) is 0.244. The number of ether oxygens (including phenoxy) is 1. The zero-order valence-corrected chi connectivity index (χ0v) is 20.7. The van der Waals surface area contributed by atoms with Crippen LogP contribution in [-0.2, 0) is 10.4 Å². The maximum Gasteiger partial charge on any atom is 0.250 e. The molecule has 1 amide bonds. The number of hydrogen-bond donors (Lipinski definition) is 3. The highest BCUT2D eigenvalue weighted by Crippen LogP contribution is 2.34. The van der Waals surface area contributed by atoms with E-state index in [1.165, 1.54) is 6.33 Å². The van der Waals surface area contributed by atoms with E-state index in [2.05, 4.69) is 11.6 Å². The molecule has 0 saturated carbocycles. The molecule has 1 fully saturated rings. The van der Waals surface area contributed by atoms with Crippen LogP contribution in [0.1, 0.15) is 35.6 Å². The third-order valence-electron chi connectivity index (χ3n) is 6.47. The van der Waals surface area contributed by atoms with Crippen LogP contribution in [0.2, 0.25) is 0 Å². The first-order chi connectivity index (χ1) is 17.4. The van der Waals surface area contributed by atoms with Crippen LogP contribution in [-0.4, -0.2) is 51.4 Å². The Labute approximate surface area is 215 Å². The summed E-state index contributed by atoms with van der Waals surface area (Å²) in [6, 6.07) is 15.9. The molecule has 8 nitrogen and oxygen atoms in total. The molecule has 2 aromatic carbocycles. The molecule has 1 unspecified atom stereocenters. The first-order valence-electron chi connectivity index (χ1n) is 11.7. The number of carbonyl (C=O) groups is 1. The molecular weight excluding hydrogens is 474 g/mol. The lowest BCUT2D eigenvalue weighted by molar-refractivity contribution is -0.138. The van der Waals surface area contributed by atoms with Gasteiger partial charge in [-0.25, -0.2) is 4.98 Å². The van der Waals surface area contributed by atoms with Crippen molar-refractivity contribution < 1.29 is 14.6 Å². The van der Waals surface area contributed by atoms with E-state index < -0.39 is 11.6 Å². The van der Waals surface area contributed by atoms with Crippen LogP contribution in [0.4, 0.5) is 5.82 Å².